The van der Waals surface area contributed by atoms with Gasteiger partial charge in [0.2, 0.25) is 10.0 Å². The summed E-state index contributed by atoms with van der Waals surface area (Å²) in [6.07, 6.45) is 0. The molecular formula is C18H20ClN3O4S. The molecule has 0 bridgehead atoms. The molecule has 0 fully saturated rings. The monoisotopic (exact) mass is 409 g/mol. The number of hydrogen-bond acceptors (Lipinski definition) is 4. The highest BCUT2D eigenvalue weighted by atomic mass is 35.5. The second-order valence-electron chi connectivity index (χ2n) is 6.03. The molecule has 2 rings (SSSR count). The lowest BCUT2D eigenvalue weighted by Gasteiger charge is -2.11. The minimum absolute atomic E-state index is 0.00833. The van der Waals surface area contributed by atoms with E-state index in [0.29, 0.717) is 5.69 Å². The molecule has 2 amide bonds. The van der Waals surface area contributed by atoms with Crippen molar-refractivity contribution in [2.75, 3.05) is 12.4 Å². The third kappa shape index (κ3) is 5.29. The fourth-order valence-corrected chi connectivity index (χ4v) is 3.80. The van der Waals surface area contributed by atoms with Crippen molar-refractivity contribution >= 4 is 39.1 Å². The molecule has 9 heteroatoms. The highest BCUT2D eigenvalue weighted by Gasteiger charge is 2.18. The van der Waals surface area contributed by atoms with Crippen LogP contribution in [0.25, 0.3) is 0 Å². The summed E-state index contributed by atoms with van der Waals surface area (Å²) in [5.74, 6) is -0.897. The number of benzene rings is 2. The number of nitrogens with one attached hydrogen (secondary N) is 3. The van der Waals surface area contributed by atoms with E-state index in [9.17, 15) is 18.0 Å². The van der Waals surface area contributed by atoms with Crippen LogP contribution < -0.4 is 15.4 Å². The highest BCUT2D eigenvalue weighted by molar-refractivity contribution is 7.89. The summed E-state index contributed by atoms with van der Waals surface area (Å²) in [5.41, 5.74) is 0.740. The van der Waals surface area contributed by atoms with E-state index in [2.05, 4.69) is 15.4 Å². The molecule has 0 aliphatic heterocycles. The quantitative estimate of drug-likeness (QED) is 0.682. The summed E-state index contributed by atoms with van der Waals surface area (Å²) in [6.45, 7) is 3.41. The molecule has 0 saturated carbocycles. The van der Waals surface area contributed by atoms with Crippen molar-refractivity contribution in [1.82, 2.24) is 10.0 Å². The van der Waals surface area contributed by atoms with Crippen LogP contribution in [0, 0.1) is 0 Å². The van der Waals surface area contributed by atoms with Crippen molar-refractivity contribution in [3.05, 3.63) is 58.6 Å². The first kappa shape index (κ1) is 20.9. The van der Waals surface area contributed by atoms with Crippen LogP contribution in [0.4, 0.5) is 5.69 Å². The minimum atomic E-state index is -3.72. The molecule has 0 spiro atoms. The number of amides is 2. The van der Waals surface area contributed by atoms with Gasteiger partial charge < -0.3 is 10.6 Å². The van der Waals surface area contributed by atoms with Gasteiger partial charge in [-0.3, -0.25) is 9.59 Å². The van der Waals surface area contributed by atoms with E-state index in [4.69, 9.17) is 11.6 Å². The first-order valence-corrected chi connectivity index (χ1v) is 9.95. The molecule has 144 valence electrons. The van der Waals surface area contributed by atoms with E-state index in [1.54, 1.807) is 19.9 Å². The zero-order chi connectivity index (χ0) is 20.2. The molecule has 0 atom stereocenters. The Morgan fingerprint density at radius 1 is 1.04 bits per heavy atom. The highest BCUT2D eigenvalue weighted by Crippen LogP contribution is 2.21. The van der Waals surface area contributed by atoms with Crippen LogP contribution in [0.5, 0.6) is 0 Å². The number of anilines is 1. The normalized spacial score (nSPS) is 11.3. The van der Waals surface area contributed by atoms with Crippen molar-refractivity contribution in [1.29, 1.82) is 0 Å². The summed E-state index contributed by atoms with van der Waals surface area (Å²) < 4.78 is 27.0. The van der Waals surface area contributed by atoms with E-state index >= 15 is 0 Å². The Labute approximate surface area is 163 Å². The fourth-order valence-electron chi connectivity index (χ4n) is 2.30. The van der Waals surface area contributed by atoms with Crippen LogP contribution in [0.3, 0.4) is 0 Å². The van der Waals surface area contributed by atoms with Gasteiger partial charge in [-0.05, 0) is 50.2 Å². The summed E-state index contributed by atoms with van der Waals surface area (Å²) in [4.78, 5) is 24.3. The molecule has 0 aromatic heterocycles. The van der Waals surface area contributed by atoms with Gasteiger partial charge in [0, 0.05) is 24.3 Å². The summed E-state index contributed by atoms with van der Waals surface area (Å²) in [6, 6.07) is 9.90. The average molecular weight is 410 g/mol. The third-order valence-electron chi connectivity index (χ3n) is 3.49. The van der Waals surface area contributed by atoms with Gasteiger partial charge in [-0.15, -0.1) is 0 Å². The fraction of sp³-hybridized carbons (Fsp3) is 0.222. The number of rotatable bonds is 6. The van der Waals surface area contributed by atoms with Crippen LogP contribution in [0.2, 0.25) is 5.02 Å². The molecular weight excluding hydrogens is 390 g/mol. The van der Waals surface area contributed by atoms with Crippen LogP contribution in [-0.4, -0.2) is 33.3 Å². The maximum Gasteiger partial charge on any atom is 0.255 e. The van der Waals surface area contributed by atoms with E-state index in [-0.39, 0.29) is 33.0 Å². The van der Waals surface area contributed by atoms with E-state index in [1.165, 1.54) is 43.4 Å². The number of carbonyl (C=O) groups is 2. The lowest BCUT2D eigenvalue weighted by Crippen LogP contribution is -2.30. The maximum atomic E-state index is 12.5. The van der Waals surface area contributed by atoms with Crippen LogP contribution in [0.1, 0.15) is 34.6 Å². The second kappa shape index (κ2) is 8.51. The number of hydrogen-bond donors (Lipinski definition) is 3. The van der Waals surface area contributed by atoms with Crippen LogP contribution in [-0.2, 0) is 10.0 Å². The van der Waals surface area contributed by atoms with Crippen molar-refractivity contribution in [3.8, 4) is 0 Å². The van der Waals surface area contributed by atoms with Gasteiger partial charge in [-0.2, -0.15) is 0 Å². The molecule has 0 heterocycles. The third-order valence-corrected chi connectivity index (χ3v) is 5.48. The largest absolute Gasteiger partial charge is 0.355 e. The molecule has 2 aromatic rings. The molecule has 0 radical (unpaired) electrons. The van der Waals surface area contributed by atoms with Gasteiger partial charge in [0.05, 0.1) is 15.5 Å². The first-order valence-electron chi connectivity index (χ1n) is 8.09. The van der Waals surface area contributed by atoms with Gasteiger partial charge in [-0.25, -0.2) is 13.1 Å². The maximum absolute atomic E-state index is 12.5. The summed E-state index contributed by atoms with van der Waals surface area (Å²) in [7, 11) is -2.24. The lowest BCUT2D eigenvalue weighted by atomic mass is 10.1. The molecule has 7 nitrogen and oxygen atoms in total. The van der Waals surface area contributed by atoms with Gasteiger partial charge in [0.15, 0.2) is 0 Å². The van der Waals surface area contributed by atoms with E-state index < -0.39 is 15.9 Å². The van der Waals surface area contributed by atoms with Gasteiger partial charge in [0.25, 0.3) is 11.8 Å². The van der Waals surface area contributed by atoms with Crippen LogP contribution in [0.15, 0.2) is 47.4 Å². The second-order valence-corrected chi connectivity index (χ2v) is 8.15. The lowest BCUT2D eigenvalue weighted by molar-refractivity contribution is 0.0961. The summed E-state index contributed by atoms with van der Waals surface area (Å²) in [5, 5.41) is 5.35. The number of sulfonamides is 1. The van der Waals surface area contributed by atoms with Crippen molar-refractivity contribution in [2.24, 2.45) is 0 Å². The van der Waals surface area contributed by atoms with Gasteiger partial charge in [0.1, 0.15) is 0 Å². The molecule has 0 aliphatic carbocycles. The Morgan fingerprint density at radius 2 is 1.74 bits per heavy atom. The molecule has 27 heavy (non-hydrogen) atoms. The zero-order valence-corrected chi connectivity index (χ0v) is 16.6. The Bertz CT molecular complexity index is 974. The predicted octanol–water partition coefficient (Wildman–Crippen LogP) is 2.64. The smallest absolute Gasteiger partial charge is 0.255 e. The first-order chi connectivity index (χ1) is 12.6. The Hall–Kier alpha value is -2.42. The molecule has 0 unspecified atom stereocenters. The SMILES string of the molecule is CNC(=O)c1cc(NC(=O)c2cccc(S(=O)(=O)NC(C)C)c2)ccc1Cl. The molecule has 2 aromatic carbocycles. The molecule has 0 aliphatic rings. The molecule has 3 N–H and O–H groups in total. The molecule has 0 saturated heterocycles. The van der Waals surface area contributed by atoms with E-state index in [1.807, 2.05) is 0 Å². The minimum Gasteiger partial charge on any atom is -0.355 e. The number of halogens is 1. The Balaban J connectivity index is 2.27. The number of carbonyl (C=O) groups excluding carboxylic acids is 2. The van der Waals surface area contributed by atoms with Crippen molar-refractivity contribution < 1.29 is 18.0 Å². The van der Waals surface area contributed by atoms with Gasteiger partial charge in [-0.1, -0.05) is 17.7 Å². The van der Waals surface area contributed by atoms with Crippen molar-refractivity contribution in [3.63, 3.8) is 0 Å². The topological polar surface area (TPSA) is 104 Å². The van der Waals surface area contributed by atoms with Gasteiger partial charge >= 0.3 is 0 Å². The Kier molecular flexibility index (Phi) is 6.59. The predicted molar refractivity (Wildman–Crippen MR) is 105 cm³/mol. The van der Waals surface area contributed by atoms with Crippen LogP contribution >= 0.6 is 11.6 Å². The average Bonchev–Trinajstić information content (AvgIpc) is 2.61. The summed E-state index contributed by atoms with van der Waals surface area (Å²) >= 11 is 5.99. The Morgan fingerprint density at radius 3 is 2.37 bits per heavy atom. The standard InChI is InChI=1S/C18H20ClN3O4S/c1-11(2)22-27(25,26)14-6-4-5-12(9-14)17(23)21-13-7-8-16(19)15(10-13)18(24)20-3/h4-11,22H,1-3H3,(H,20,24)(H,21,23). The zero-order valence-electron chi connectivity index (χ0n) is 15.0. The van der Waals surface area contributed by atoms with Crippen molar-refractivity contribution in [2.45, 2.75) is 24.8 Å². The van der Waals surface area contributed by atoms with E-state index in [0.717, 1.165) is 0 Å².